The van der Waals surface area contributed by atoms with Crippen molar-refractivity contribution in [1.29, 1.82) is 0 Å². The highest BCUT2D eigenvalue weighted by molar-refractivity contribution is 5.59. The molecule has 0 bridgehead atoms. The van der Waals surface area contributed by atoms with Crippen molar-refractivity contribution < 1.29 is 9.31 Å². The van der Waals surface area contributed by atoms with E-state index in [4.69, 9.17) is 5.73 Å². The van der Waals surface area contributed by atoms with E-state index in [0.29, 0.717) is 12.0 Å². The molecule has 0 fully saturated rings. The van der Waals surface area contributed by atoms with Crippen LogP contribution in [0.1, 0.15) is 18.9 Å². The molecular weight excluding hydrogens is 187 g/mol. The van der Waals surface area contributed by atoms with Gasteiger partial charge >= 0.3 is 0 Å². The van der Waals surface area contributed by atoms with E-state index in [1.807, 2.05) is 6.92 Å². The SMILES string of the molecule is CCCc1cc([N+](=O)[O-])c(N)cc1F. The summed E-state index contributed by atoms with van der Waals surface area (Å²) < 4.78 is 13.2. The zero-order valence-corrected chi connectivity index (χ0v) is 7.79. The normalized spacial score (nSPS) is 10.1. The minimum absolute atomic E-state index is 0.132. The molecule has 5 heteroatoms. The van der Waals surface area contributed by atoms with Gasteiger partial charge < -0.3 is 5.73 Å². The van der Waals surface area contributed by atoms with Crippen LogP contribution in [-0.4, -0.2) is 4.92 Å². The van der Waals surface area contributed by atoms with Crippen LogP contribution < -0.4 is 5.73 Å². The summed E-state index contributed by atoms with van der Waals surface area (Å²) in [5.41, 5.74) is 5.29. The maximum Gasteiger partial charge on any atom is 0.292 e. The Morgan fingerprint density at radius 3 is 2.71 bits per heavy atom. The van der Waals surface area contributed by atoms with Crippen LogP contribution in [0.5, 0.6) is 0 Å². The lowest BCUT2D eigenvalue weighted by Gasteiger charge is -2.03. The van der Waals surface area contributed by atoms with Gasteiger partial charge in [0.1, 0.15) is 11.5 Å². The van der Waals surface area contributed by atoms with Crippen LogP contribution in [0.25, 0.3) is 0 Å². The van der Waals surface area contributed by atoms with Crippen LogP contribution in [0.3, 0.4) is 0 Å². The van der Waals surface area contributed by atoms with Crippen molar-refractivity contribution in [3.8, 4) is 0 Å². The van der Waals surface area contributed by atoms with Gasteiger partial charge in [0, 0.05) is 12.1 Å². The molecule has 14 heavy (non-hydrogen) atoms. The number of halogens is 1. The first-order valence-corrected chi connectivity index (χ1v) is 4.28. The molecule has 0 atom stereocenters. The van der Waals surface area contributed by atoms with Crippen molar-refractivity contribution in [2.75, 3.05) is 5.73 Å². The van der Waals surface area contributed by atoms with Gasteiger partial charge in [0.15, 0.2) is 0 Å². The van der Waals surface area contributed by atoms with Crippen LogP contribution >= 0.6 is 0 Å². The Morgan fingerprint density at radius 2 is 2.21 bits per heavy atom. The second-order valence-electron chi connectivity index (χ2n) is 3.01. The number of aryl methyl sites for hydroxylation is 1. The third-order valence-corrected chi connectivity index (χ3v) is 1.91. The van der Waals surface area contributed by atoms with Gasteiger partial charge in [-0.05, 0) is 12.0 Å². The Morgan fingerprint density at radius 1 is 1.57 bits per heavy atom. The summed E-state index contributed by atoms with van der Waals surface area (Å²) in [6.45, 7) is 1.88. The molecule has 1 aromatic rings. The quantitative estimate of drug-likeness (QED) is 0.460. The van der Waals surface area contributed by atoms with Crippen LogP contribution in [0.4, 0.5) is 15.8 Å². The van der Waals surface area contributed by atoms with Crippen molar-refractivity contribution in [1.82, 2.24) is 0 Å². The second kappa shape index (κ2) is 4.04. The Labute approximate surface area is 80.7 Å². The maximum absolute atomic E-state index is 13.2. The Balaban J connectivity index is 3.20. The Bertz CT molecular complexity index is 366. The van der Waals surface area contributed by atoms with Gasteiger partial charge in [-0.1, -0.05) is 13.3 Å². The lowest BCUT2D eigenvalue weighted by atomic mass is 10.1. The number of hydrogen-bond acceptors (Lipinski definition) is 3. The van der Waals surface area contributed by atoms with E-state index in [9.17, 15) is 14.5 Å². The molecule has 0 aliphatic rings. The van der Waals surface area contributed by atoms with Crippen molar-refractivity contribution in [2.45, 2.75) is 19.8 Å². The number of nitrogen functional groups attached to an aromatic ring is 1. The van der Waals surface area contributed by atoms with Crippen LogP contribution in [-0.2, 0) is 6.42 Å². The van der Waals surface area contributed by atoms with E-state index >= 15 is 0 Å². The van der Waals surface area contributed by atoms with Crippen molar-refractivity contribution in [3.05, 3.63) is 33.6 Å². The van der Waals surface area contributed by atoms with E-state index in [1.54, 1.807) is 0 Å². The molecule has 1 aromatic carbocycles. The van der Waals surface area contributed by atoms with Crippen LogP contribution in [0.2, 0.25) is 0 Å². The maximum atomic E-state index is 13.2. The third-order valence-electron chi connectivity index (χ3n) is 1.91. The molecule has 0 heterocycles. The van der Waals surface area contributed by atoms with Gasteiger partial charge in [0.05, 0.1) is 4.92 Å². The van der Waals surface area contributed by atoms with Gasteiger partial charge in [-0.25, -0.2) is 4.39 Å². The number of benzene rings is 1. The van der Waals surface area contributed by atoms with Gasteiger partial charge in [0.25, 0.3) is 5.69 Å². The van der Waals surface area contributed by atoms with Crippen molar-refractivity contribution in [3.63, 3.8) is 0 Å². The first kappa shape index (κ1) is 10.4. The minimum Gasteiger partial charge on any atom is -0.393 e. The molecular formula is C9H11FN2O2. The fourth-order valence-corrected chi connectivity index (χ4v) is 1.24. The summed E-state index contributed by atoms with van der Waals surface area (Å²) in [5, 5.41) is 10.5. The zero-order valence-electron chi connectivity index (χ0n) is 7.79. The Hall–Kier alpha value is -1.65. The molecule has 0 saturated heterocycles. The third kappa shape index (κ3) is 1.99. The molecule has 0 aliphatic heterocycles. The van der Waals surface area contributed by atoms with Crippen LogP contribution in [0, 0.1) is 15.9 Å². The van der Waals surface area contributed by atoms with Gasteiger partial charge in [0.2, 0.25) is 0 Å². The molecule has 76 valence electrons. The van der Waals surface area contributed by atoms with Gasteiger partial charge in [-0.2, -0.15) is 0 Å². The summed E-state index contributed by atoms with van der Waals surface area (Å²) in [7, 11) is 0. The number of hydrogen-bond donors (Lipinski definition) is 1. The fourth-order valence-electron chi connectivity index (χ4n) is 1.24. The van der Waals surface area contributed by atoms with E-state index in [1.165, 1.54) is 6.07 Å². The Kier molecular flexibility index (Phi) is 3.01. The largest absolute Gasteiger partial charge is 0.393 e. The molecule has 0 spiro atoms. The first-order chi connectivity index (χ1) is 6.56. The fraction of sp³-hybridized carbons (Fsp3) is 0.333. The predicted octanol–water partition coefficient (Wildman–Crippen LogP) is 2.27. The highest BCUT2D eigenvalue weighted by Gasteiger charge is 2.15. The molecule has 1 rings (SSSR count). The molecule has 0 unspecified atom stereocenters. The number of nitro groups is 1. The van der Waals surface area contributed by atoms with Gasteiger partial charge in [-0.15, -0.1) is 0 Å². The lowest BCUT2D eigenvalue weighted by Crippen LogP contribution is -1.99. The smallest absolute Gasteiger partial charge is 0.292 e. The average Bonchev–Trinajstić information content (AvgIpc) is 2.09. The molecule has 0 aromatic heterocycles. The summed E-state index contributed by atoms with van der Waals surface area (Å²) >= 11 is 0. The topological polar surface area (TPSA) is 69.2 Å². The van der Waals surface area contributed by atoms with Crippen LogP contribution in [0.15, 0.2) is 12.1 Å². The molecule has 0 saturated carbocycles. The second-order valence-corrected chi connectivity index (χ2v) is 3.01. The highest BCUT2D eigenvalue weighted by atomic mass is 19.1. The standard InChI is InChI=1S/C9H11FN2O2/c1-2-3-6-4-9(12(13)14)8(11)5-7(6)10/h4-5H,2-3,11H2,1H3. The van der Waals surface area contributed by atoms with Crippen molar-refractivity contribution >= 4 is 11.4 Å². The summed E-state index contributed by atoms with van der Waals surface area (Å²) in [4.78, 5) is 9.89. The molecule has 0 amide bonds. The number of nitrogens with two attached hydrogens (primary N) is 1. The number of anilines is 1. The number of rotatable bonds is 3. The molecule has 4 nitrogen and oxygen atoms in total. The average molecular weight is 198 g/mol. The predicted molar refractivity (Wildman–Crippen MR) is 51.5 cm³/mol. The van der Waals surface area contributed by atoms with E-state index in [-0.39, 0.29) is 11.4 Å². The van der Waals surface area contributed by atoms with E-state index < -0.39 is 10.7 Å². The van der Waals surface area contributed by atoms with Crippen molar-refractivity contribution in [2.24, 2.45) is 0 Å². The highest BCUT2D eigenvalue weighted by Crippen LogP contribution is 2.25. The minimum atomic E-state index is -0.603. The lowest BCUT2D eigenvalue weighted by molar-refractivity contribution is -0.384. The summed E-state index contributed by atoms with van der Waals surface area (Å²) in [6, 6.07) is 2.21. The van der Waals surface area contributed by atoms with E-state index in [2.05, 4.69) is 0 Å². The molecule has 0 radical (unpaired) electrons. The van der Waals surface area contributed by atoms with Gasteiger partial charge in [-0.3, -0.25) is 10.1 Å². The monoisotopic (exact) mass is 198 g/mol. The molecule has 0 aliphatic carbocycles. The number of nitrogens with zero attached hydrogens (tertiary/aromatic N) is 1. The zero-order chi connectivity index (χ0) is 10.7. The number of nitro benzene ring substituents is 1. The summed E-state index contributed by atoms with van der Waals surface area (Å²) in [6.07, 6.45) is 1.21. The summed E-state index contributed by atoms with van der Waals surface area (Å²) in [5.74, 6) is -0.477. The first-order valence-electron chi connectivity index (χ1n) is 4.28. The van der Waals surface area contributed by atoms with E-state index in [0.717, 1.165) is 12.5 Å². The molecule has 2 N–H and O–H groups in total.